The van der Waals surface area contributed by atoms with Gasteiger partial charge in [-0.2, -0.15) is 0 Å². The number of hydrogen-bond acceptors (Lipinski definition) is 3. The van der Waals surface area contributed by atoms with Crippen LogP contribution < -0.4 is 4.74 Å². The summed E-state index contributed by atoms with van der Waals surface area (Å²) in [6.45, 7) is 5.57. The van der Waals surface area contributed by atoms with E-state index in [0.717, 1.165) is 12.0 Å². The molecule has 0 aliphatic heterocycles. The van der Waals surface area contributed by atoms with Crippen molar-refractivity contribution in [3.63, 3.8) is 0 Å². The molecule has 0 saturated carbocycles. The van der Waals surface area contributed by atoms with Gasteiger partial charge in [-0.15, -0.1) is 0 Å². The molecule has 1 atom stereocenters. The topological polar surface area (TPSA) is 43.4 Å². The molecule has 0 aliphatic rings. The van der Waals surface area contributed by atoms with Crippen LogP contribution in [0.25, 0.3) is 0 Å². The Balaban J connectivity index is 2.49. The van der Waals surface area contributed by atoms with Gasteiger partial charge >= 0.3 is 0 Å². The predicted molar refractivity (Wildman–Crippen MR) is 70.8 cm³/mol. The van der Waals surface area contributed by atoms with E-state index in [1.165, 1.54) is 0 Å². The van der Waals surface area contributed by atoms with Gasteiger partial charge in [0.25, 0.3) is 0 Å². The highest BCUT2D eigenvalue weighted by Gasteiger charge is 2.11. The van der Waals surface area contributed by atoms with E-state index in [9.17, 15) is 9.59 Å². The molecule has 18 heavy (non-hydrogen) atoms. The molecule has 0 spiro atoms. The number of ketones is 2. The monoisotopic (exact) mass is 248 g/mol. The number of carbonyl (C=O) groups excluding carboxylic acids is 2. The third-order valence-corrected chi connectivity index (χ3v) is 2.92. The summed E-state index contributed by atoms with van der Waals surface area (Å²) in [4.78, 5) is 22.5. The van der Waals surface area contributed by atoms with Gasteiger partial charge in [-0.25, -0.2) is 0 Å². The summed E-state index contributed by atoms with van der Waals surface area (Å²) in [5.41, 5.74) is 0.961. The quantitative estimate of drug-likeness (QED) is 0.745. The van der Waals surface area contributed by atoms with Gasteiger partial charge in [-0.1, -0.05) is 26.0 Å². The summed E-state index contributed by atoms with van der Waals surface area (Å²) in [5.74, 6) is 0.960. The Bertz CT molecular complexity index is 406. The number of rotatable bonds is 7. The summed E-state index contributed by atoms with van der Waals surface area (Å²) in [6.07, 6.45) is 1.27. The molecular formula is C15H20O3. The van der Waals surface area contributed by atoms with E-state index in [-0.39, 0.29) is 24.1 Å². The predicted octanol–water partition coefficient (Wildman–Crippen LogP) is 2.81. The van der Waals surface area contributed by atoms with Gasteiger partial charge < -0.3 is 4.74 Å². The normalized spacial score (nSPS) is 11.9. The average molecular weight is 248 g/mol. The molecule has 0 N–H and O–H groups in total. The second kappa shape index (κ2) is 6.94. The molecule has 0 fully saturated rings. The van der Waals surface area contributed by atoms with E-state index in [1.54, 1.807) is 19.1 Å². The average Bonchev–Trinajstić information content (AvgIpc) is 2.36. The molecule has 98 valence electrons. The lowest BCUT2D eigenvalue weighted by molar-refractivity contribution is -0.124. The maximum Gasteiger partial charge on any atom is 0.172 e. The summed E-state index contributed by atoms with van der Waals surface area (Å²) in [6, 6.07) is 7.29. The maximum atomic E-state index is 11.6. The van der Waals surface area contributed by atoms with E-state index in [4.69, 9.17) is 4.74 Å². The summed E-state index contributed by atoms with van der Waals surface area (Å²) < 4.78 is 5.42. The Labute approximate surface area is 108 Å². The number of carbonyl (C=O) groups is 2. The third-order valence-electron chi connectivity index (χ3n) is 2.92. The summed E-state index contributed by atoms with van der Waals surface area (Å²) in [5, 5.41) is 0. The van der Waals surface area contributed by atoms with Crippen LogP contribution in [0.15, 0.2) is 24.3 Å². The van der Waals surface area contributed by atoms with E-state index in [1.807, 2.05) is 26.0 Å². The largest absolute Gasteiger partial charge is 0.486 e. The molecule has 1 aromatic carbocycles. The second-order valence-corrected chi connectivity index (χ2v) is 4.59. The lowest BCUT2D eigenvalue weighted by atomic mass is 10.0. The van der Waals surface area contributed by atoms with Crippen LogP contribution in [0.4, 0.5) is 0 Å². The van der Waals surface area contributed by atoms with Crippen LogP contribution in [0, 0.1) is 5.92 Å². The van der Waals surface area contributed by atoms with Crippen molar-refractivity contribution in [2.45, 2.75) is 33.6 Å². The molecule has 0 amide bonds. The Morgan fingerprint density at radius 1 is 1.22 bits per heavy atom. The van der Waals surface area contributed by atoms with Crippen molar-refractivity contribution in [2.75, 3.05) is 6.61 Å². The highest BCUT2D eigenvalue weighted by molar-refractivity contribution is 5.82. The van der Waals surface area contributed by atoms with Crippen LogP contribution in [-0.2, 0) is 16.0 Å². The molecule has 1 unspecified atom stereocenters. The van der Waals surface area contributed by atoms with Gasteiger partial charge in [0.05, 0.1) is 0 Å². The van der Waals surface area contributed by atoms with Crippen molar-refractivity contribution in [2.24, 2.45) is 5.92 Å². The van der Waals surface area contributed by atoms with E-state index in [2.05, 4.69) is 0 Å². The Morgan fingerprint density at radius 3 is 2.33 bits per heavy atom. The first-order valence-corrected chi connectivity index (χ1v) is 6.26. The molecule has 3 heteroatoms. The van der Waals surface area contributed by atoms with Gasteiger partial charge in [-0.3, -0.25) is 9.59 Å². The fraction of sp³-hybridized carbons (Fsp3) is 0.467. The fourth-order valence-electron chi connectivity index (χ4n) is 1.52. The van der Waals surface area contributed by atoms with Crippen LogP contribution in [-0.4, -0.2) is 18.2 Å². The fourth-order valence-corrected chi connectivity index (χ4v) is 1.52. The van der Waals surface area contributed by atoms with Crippen molar-refractivity contribution in [1.82, 2.24) is 0 Å². The van der Waals surface area contributed by atoms with Crippen molar-refractivity contribution in [3.05, 3.63) is 29.8 Å². The van der Waals surface area contributed by atoms with Crippen LogP contribution >= 0.6 is 0 Å². The van der Waals surface area contributed by atoms with Gasteiger partial charge in [0, 0.05) is 12.3 Å². The molecule has 0 aliphatic carbocycles. The lowest BCUT2D eigenvalue weighted by Crippen LogP contribution is -2.18. The lowest BCUT2D eigenvalue weighted by Gasteiger charge is -2.09. The van der Waals surface area contributed by atoms with Crippen LogP contribution in [0.2, 0.25) is 0 Å². The third kappa shape index (κ3) is 4.70. The van der Waals surface area contributed by atoms with Crippen LogP contribution in [0.1, 0.15) is 32.8 Å². The smallest absolute Gasteiger partial charge is 0.172 e. The minimum atomic E-state index is 0.0435. The number of ether oxygens (including phenoxy) is 1. The zero-order chi connectivity index (χ0) is 13.5. The SMILES string of the molecule is CCC(C)C(=O)COc1ccc(CC(C)=O)cc1. The van der Waals surface area contributed by atoms with Crippen molar-refractivity contribution in [1.29, 1.82) is 0 Å². The maximum absolute atomic E-state index is 11.6. The van der Waals surface area contributed by atoms with E-state index < -0.39 is 0 Å². The van der Waals surface area contributed by atoms with Crippen molar-refractivity contribution >= 4 is 11.6 Å². The van der Waals surface area contributed by atoms with Gasteiger partial charge in [0.15, 0.2) is 5.78 Å². The molecule has 0 aromatic heterocycles. The molecular weight excluding hydrogens is 228 g/mol. The van der Waals surface area contributed by atoms with E-state index in [0.29, 0.717) is 12.2 Å². The van der Waals surface area contributed by atoms with Crippen LogP contribution in [0.5, 0.6) is 5.75 Å². The molecule has 0 bridgehead atoms. The van der Waals surface area contributed by atoms with Crippen molar-refractivity contribution < 1.29 is 14.3 Å². The first-order valence-electron chi connectivity index (χ1n) is 6.26. The Kier molecular flexibility index (Phi) is 5.56. The standard InChI is InChI=1S/C15H20O3/c1-4-11(2)15(17)10-18-14-7-5-13(6-8-14)9-12(3)16/h5-8,11H,4,9-10H2,1-3H3. The van der Waals surface area contributed by atoms with Gasteiger partial charge in [-0.05, 0) is 31.0 Å². The zero-order valence-corrected chi connectivity index (χ0v) is 11.2. The zero-order valence-electron chi connectivity index (χ0n) is 11.2. The minimum Gasteiger partial charge on any atom is -0.486 e. The number of Topliss-reactive ketones (excluding diaryl/α,β-unsaturated/α-hetero) is 2. The first-order chi connectivity index (χ1) is 8.52. The molecule has 1 rings (SSSR count). The summed E-state index contributed by atoms with van der Waals surface area (Å²) >= 11 is 0. The number of benzene rings is 1. The first kappa shape index (κ1) is 14.4. The number of hydrogen-bond donors (Lipinski definition) is 0. The van der Waals surface area contributed by atoms with E-state index >= 15 is 0 Å². The molecule has 1 aromatic rings. The molecule has 3 nitrogen and oxygen atoms in total. The molecule has 0 radical (unpaired) electrons. The molecule has 0 heterocycles. The Morgan fingerprint density at radius 2 is 1.83 bits per heavy atom. The highest BCUT2D eigenvalue weighted by atomic mass is 16.5. The van der Waals surface area contributed by atoms with Crippen LogP contribution in [0.3, 0.4) is 0 Å². The van der Waals surface area contributed by atoms with Gasteiger partial charge in [0.2, 0.25) is 0 Å². The van der Waals surface area contributed by atoms with Crippen molar-refractivity contribution in [3.8, 4) is 5.75 Å². The minimum absolute atomic E-state index is 0.0435. The molecule has 0 saturated heterocycles. The Hall–Kier alpha value is -1.64. The highest BCUT2D eigenvalue weighted by Crippen LogP contribution is 2.13. The van der Waals surface area contributed by atoms with Gasteiger partial charge in [0.1, 0.15) is 18.1 Å². The summed E-state index contributed by atoms with van der Waals surface area (Å²) in [7, 11) is 0. The second-order valence-electron chi connectivity index (χ2n) is 4.59.